The summed E-state index contributed by atoms with van der Waals surface area (Å²) >= 11 is 0. The normalized spacial score (nSPS) is 28.2. The van der Waals surface area contributed by atoms with Crippen LogP contribution >= 0.6 is 0 Å². The van der Waals surface area contributed by atoms with Gasteiger partial charge < -0.3 is 0 Å². The molecular weight excluding hydrogens is 168 g/mol. The monoisotopic (exact) mass is 182 g/mol. The fraction of sp³-hybridized carbons (Fsp3) is 0.286. The zero-order valence-electron chi connectivity index (χ0n) is 8.40. The summed E-state index contributed by atoms with van der Waals surface area (Å²) in [7, 11) is 0. The minimum atomic E-state index is 0.626. The fourth-order valence-corrected chi connectivity index (χ4v) is 2.66. The summed E-state index contributed by atoms with van der Waals surface area (Å²) in [5.41, 5.74) is 4.57. The molecule has 1 aromatic rings. The average molecular weight is 182 g/mol. The first kappa shape index (κ1) is 8.05. The van der Waals surface area contributed by atoms with Gasteiger partial charge in [-0.2, -0.15) is 0 Å². The molecule has 0 radical (unpaired) electrons. The maximum atomic E-state index is 2.38. The van der Waals surface area contributed by atoms with Crippen LogP contribution in [0.1, 0.15) is 30.4 Å². The number of fused-ring (bicyclic) bond motifs is 3. The Morgan fingerprint density at radius 2 is 2.07 bits per heavy atom. The number of benzene rings is 1. The van der Waals surface area contributed by atoms with Gasteiger partial charge in [0.1, 0.15) is 0 Å². The molecule has 2 atom stereocenters. The summed E-state index contributed by atoms with van der Waals surface area (Å²) in [6.45, 7) is 2.29. The Morgan fingerprint density at radius 1 is 1.21 bits per heavy atom. The smallest absolute Gasteiger partial charge is 0.00977 e. The van der Waals surface area contributed by atoms with E-state index in [1.807, 2.05) is 0 Å². The van der Waals surface area contributed by atoms with E-state index in [0.29, 0.717) is 11.8 Å². The molecule has 2 aliphatic rings. The highest BCUT2D eigenvalue weighted by molar-refractivity contribution is 5.68. The maximum absolute atomic E-state index is 2.38. The molecule has 3 rings (SSSR count). The second-order valence-electron chi connectivity index (χ2n) is 4.28. The Bertz CT molecular complexity index is 423. The Labute approximate surface area is 85.0 Å². The summed E-state index contributed by atoms with van der Waals surface area (Å²) in [5, 5.41) is 0. The Balaban J connectivity index is 2.14. The van der Waals surface area contributed by atoms with E-state index >= 15 is 0 Å². The summed E-state index contributed by atoms with van der Waals surface area (Å²) in [6.07, 6.45) is 8.23. The molecule has 0 amide bonds. The number of hydrogen-bond acceptors (Lipinski definition) is 0. The van der Waals surface area contributed by atoms with E-state index < -0.39 is 0 Å². The molecule has 2 aliphatic carbocycles. The zero-order valence-corrected chi connectivity index (χ0v) is 8.40. The van der Waals surface area contributed by atoms with Crippen molar-refractivity contribution >= 4 is 6.08 Å². The van der Waals surface area contributed by atoms with Gasteiger partial charge in [-0.25, -0.2) is 0 Å². The highest BCUT2D eigenvalue weighted by Gasteiger charge is 2.28. The third-order valence-electron chi connectivity index (χ3n) is 3.42. The average Bonchev–Trinajstić information content (AvgIpc) is 2.59. The molecule has 0 saturated heterocycles. The van der Waals surface area contributed by atoms with Crippen LogP contribution in [0.4, 0.5) is 0 Å². The summed E-state index contributed by atoms with van der Waals surface area (Å²) in [5.74, 6) is 1.30. The third kappa shape index (κ3) is 1.00. The first-order valence-corrected chi connectivity index (χ1v) is 5.33. The van der Waals surface area contributed by atoms with Crippen molar-refractivity contribution in [2.24, 2.45) is 5.92 Å². The van der Waals surface area contributed by atoms with Gasteiger partial charge in [-0.15, -0.1) is 0 Å². The fourth-order valence-electron chi connectivity index (χ4n) is 2.66. The van der Waals surface area contributed by atoms with E-state index in [4.69, 9.17) is 0 Å². The summed E-state index contributed by atoms with van der Waals surface area (Å²) in [6, 6.07) is 8.78. The summed E-state index contributed by atoms with van der Waals surface area (Å²) in [4.78, 5) is 0. The van der Waals surface area contributed by atoms with Crippen molar-refractivity contribution in [1.29, 1.82) is 0 Å². The van der Waals surface area contributed by atoms with Gasteiger partial charge in [-0.1, -0.05) is 55.0 Å². The van der Waals surface area contributed by atoms with Crippen molar-refractivity contribution in [2.45, 2.75) is 19.3 Å². The van der Waals surface area contributed by atoms with Crippen LogP contribution in [0.15, 0.2) is 42.0 Å². The molecule has 0 heterocycles. The quantitative estimate of drug-likeness (QED) is 0.536. The van der Waals surface area contributed by atoms with Crippen LogP contribution in [-0.4, -0.2) is 0 Å². The van der Waals surface area contributed by atoms with E-state index in [1.54, 1.807) is 5.57 Å². The maximum Gasteiger partial charge on any atom is 0.00977 e. The van der Waals surface area contributed by atoms with Crippen molar-refractivity contribution in [3.63, 3.8) is 0 Å². The second-order valence-corrected chi connectivity index (χ2v) is 4.28. The molecule has 0 fully saturated rings. The molecule has 0 heteroatoms. The van der Waals surface area contributed by atoms with Gasteiger partial charge >= 0.3 is 0 Å². The predicted octanol–water partition coefficient (Wildman–Crippen LogP) is 3.76. The van der Waals surface area contributed by atoms with Crippen LogP contribution in [0.2, 0.25) is 0 Å². The first-order valence-electron chi connectivity index (χ1n) is 5.33. The highest BCUT2D eigenvalue weighted by Crippen LogP contribution is 2.44. The molecule has 1 aromatic carbocycles. The molecule has 0 aromatic heterocycles. The van der Waals surface area contributed by atoms with Gasteiger partial charge in [0.2, 0.25) is 0 Å². The molecule has 0 N–H and O–H groups in total. The molecule has 0 nitrogen and oxygen atoms in total. The molecule has 0 saturated carbocycles. The lowest BCUT2D eigenvalue weighted by molar-refractivity contribution is 0.684. The van der Waals surface area contributed by atoms with Crippen LogP contribution in [-0.2, 0) is 0 Å². The lowest BCUT2D eigenvalue weighted by Gasteiger charge is -2.22. The van der Waals surface area contributed by atoms with E-state index in [-0.39, 0.29) is 0 Å². The minimum absolute atomic E-state index is 0.626. The van der Waals surface area contributed by atoms with E-state index in [1.165, 1.54) is 17.5 Å². The topological polar surface area (TPSA) is 0 Å². The van der Waals surface area contributed by atoms with E-state index in [9.17, 15) is 0 Å². The van der Waals surface area contributed by atoms with Crippen molar-refractivity contribution < 1.29 is 0 Å². The molecule has 70 valence electrons. The Hall–Kier alpha value is -1.30. The molecule has 0 bridgehead atoms. The van der Waals surface area contributed by atoms with Crippen LogP contribution in [0, 0.1) is 5.92 Å². The van der Waals surface area contributed by atoms with Gasteiger partial charge in [0.05, 0.1) is 0 Å². The first-order chi connectivity index (χ1) is 6.86. The molecular formula is C14H14. The number of rotatable bonds is 0. The van der Waals surface area contributed by atoms with Crippen LogP contribution < -0.4 is 0 Å². The number of hydrogen-bond donors (Lipinski definition) is 0. The molecule has 14 heavy (non-hydrogen) atoms. The minimum Gasteiger partial charge on any atom is -0.0870 e. The van der Waals surface area contributed by atoms with Crippen LogP contribution in [0.25, 0.3) is 6.08 Å². The van der Waals surface area contributed by atoms with Gasteiger partial charge in [-0.05, 0) is 23.5 Å². The van der Waals surface area contributed by atoms with Crippen molar-refractivity contribution in [1.82, 2.24) is 0 Å². The molecule has 0 aliphatic heterocycles. The van der Waals surface area contributed by atoms with Gasteiger partial charge in [0, 0.05) is 5.92 Å². The Kier molecular flexibility index (Phi) is 1.63. The van der Waals surface area contributed by atoms with Gasteiger partial charge in [0.15, 0.2) is 0 Å². The SMILES string of the molecule is CC1C=CCC2C1=Cc1ccccc12. The zero-order chi connectivity index (χ0) is 9.54. The van der Waals surface area contributed by atoms with Crippen LogP contribution in [0.3, 0.4) is 0 Å². The van der Waals surface area contributed by atoms with Gasteiger partial charge in [0.25, 0.3) is 0 Å². The van der Waals surface area contributed by atoms with Crippen LogP contribution in [0.5, 0.6) is 0 Å². The summed E-state index contributed by atoms with van der Waals surface area (Å²) < 4.78 is 0. The van der Waals surface area contributed by atoms with Crippen molar-refractivity contribution in [3.05, 3.63) is 53.1 Å². The second kappa shape index (κ2) is 2.84. The standard InChI is InChI=1S/C14H14/c1-10-5-4-8-13-12-7-3-2-6-11(12)9-14(10)13/h2-7,9-10,13H,8H2,1H3. The third-order valence-corrected chi connectivity index (χ3v) is 3.42. The van der Waals surface area contributed by atoms with E-state index in [2.05, 4.69) is 49.4 Å². The lowest BCUT2D eigenvalue weighted by Crippen LogP contribution is -2.08. The lowest BCUT2D eigenvalue weighted by atomic mass is 9.82. The molecule has 0 spiro atoms. The van der Waals surface area contributed by atoms with E-state index in [0.717, 1.165) is 0 Å². The van der Waals surface area contributed by atoms with Gasteiger partial charge in [-0.3, -0.25) is 0 Å². The highest BCUT2D eigenvalue weighted by atomic mass is 14.3. The predicted molar refractivity (Wildman–Crippen MR) is 60.1 cm³/mol. The number of allylic oxidation sites excluding steroid dienone is 3. The Morgan fingerprint density at radius 3 is 3.00 bits per heavy atom. The van der Waals surface area contributed by atoms with Crippen molar-refractivity contribution in [3.8, 4) is 0 Å². The van der Waals surface area contributed by atoms with Crippen molar-refractivity contribution in [2.75, 3.05) is 0 Å². The largest absolute Gasteiger partial charge is 0.0870 e. The molecule has 2 unspecified atom stereocenters.